The maximum Gasteiger partial charge on any atom is 0.211 e. The monoisotopic (exact) mass is 381 g/mol. The normalized spacial score (nSPS) is 11.9. The van der Waals surface area contributed by atoms with E-state index in [1.807, 2.05) is 6.07 Å². The smallest absolute Gasteiger partial charge is 0.211 e. The maximum absolute atomic E-state index is 12.4. The quantitative estimate of drug-likeness (QED) is 0.412. The number of benzene rings is 2. The molecule has 0 amide bonds. The van der Waals surface area contributed by atoms with Gasteiger partial charge < -0.3 is 0 Å². The molecule has 0 saturated heterocycles. The van der Waals surface area contributed by atoms with Gasteiger partial charge in [0.05, 0.1) is 5.92 Å². The number of nitro groups is 1. The summed E-state index contributed by atoms with van der Waals surface area (Å²) in [6.45, 7) is -0.333. The van der Waals surface area contributed by atoms with E-state index >= 15 is 0 Å². The standard InChI is InChI=1S/C16H13BrClNO3/c17-14-7-3-1-6-13(14)16(20)9-11(10-19(21)22)12-5-2-4-8-15(12)18/h1-8,11H,9-10H2/t11-/m1/s1. The van der Waals surface area contributed by atoms with Crippen LogP contribution in [0.2, 0.25) is 5.02 Å². The lowest BCUT2D eigenvalue weighted by Crippen LogP contribution is -2.17. The molecule has 0 bridgehead atoms. The molecule has 6 heteroatoms. The Hall–Kier alpha value is -1.72. The van der Waals surface area contributed by atoms with Gasteiger partial charge in [-0.3, -0.25) is 14.9 Å². The average Bonchev–Trinajstić information content (AvgIpc) is 2.47. The fourth-order valence-electron chi connectivity index (χ4n) is 2.28. The molecule has 0 radical (unpaired) electrons. The van der Waals surface area contributed by atoms with Gasteiger partial charge in [-0.05, 0) is 17.7 Å². The Morgan fingerprint density at radius 2 is 1.82 bits per heavy atom. The second-order valence-corrected chi connectivity index (χ2v) is 6.10. The Morgan fingerprint density at radius 3 is 2.45 bits per heavy atom. The molecule has 1 atom stereocenters. The van der Waals surface area contributed by atoms with Crippen LogP contribution in [-0.2, 0) is 0 Å². The molecule has 0 aromatic heterocycles. The van der Waals surface area contributed by atoms with Crippen LogP contribution in [0, 0.1) is 10.1 Å². The minimum atomic E-state index is -0.552. The zero-order valence-corrected chi connectivity index (χ0v) is 13.9. The molecule has 0 aliphatic rings. The van der Waals surface area contributed by atoms with E-state index in [1.165, 1.54) is 0 Å². The van der Waals surface area contributed by atoms with Gasteiger partial charge in [0.2, 0.25) is 6.54 Å². The van der Waals surface area contributed by atoms with Crippen molar-refractivity contribution in [1.82, 2.24) is 0 Å². The summed E-state index contributed by atoms with van der Waals surface area (Å²) in [5.74, 6) is -0.706. The summed E-state index contributed by atoms with van der Waals surface area (Å²) in [5, 5.41) is 11.4. The van der Waals surface area contributed by atoms with Crippen LogP contribution in [0.4, 0.5) is 0 Å². The van der Waals surface area contributed by atoms with Gasteiger partial charge in [0.1, 0.15) is 0 Å². The second kappa shape index (κ2) is 7.51. The second-order valence-electron chi connectivity index (χ2n) is 4.84. The first-order valence-electron chi connectivity index (χ1n) is 6.63. The van der Waals surface area contributed by atoms with Crippen LogP contribution in [0.25, 0.3) is 0 Å². The van der Waals surface area contributed by atoms with Crippen molar-refractivity contribution in [2.45, 2.75) is 12.3 Å². The lowest BCUT2D eigenvalue weighted by atomic mass is 9.91. The first-order chi connectivity index (χ1) is 10.5. The average molecular weight is 383 g/mol. The Labute approximate surface area is 141 Å². The van der Waals surface area contributed by atoms with Gasteiger partial charge in [0, 0.05) is 26.4 Å². The summed E-state index contributed by atoms with van der Waals surface area (Å²) >= 11 is 9.45. The molecule has 0 heterocycles. The van der Waals surface area contributed by atoms with E-state index in [9.17, 15) is 14.9 Å². The van der Waals surface area contributed by atoms with Gasteiger partial charge in [-0.25, -0.2) is 0 Å². The summed E-state index contributed by atoms with van der Waals surface area (Å²) in [6.07, 6.45) is 0.0350. The first-order valence-corrected chi connectivity index (χ1v) is 7.80. The van der Waals surface area contributed by atoms with E-state index in [0.717, 1.165) is 0 Å². The van der Waals surface area contributed by atoms with Crippen LogP contribution in [-0.4, -0.2) is 17.3 Å². The topological polar surface area (TPSA) is 60.2 Å². The van der Waals surface area contributed by atoms with Gasteiger partial charge in [-0.1, -0.05) is 63.9 Å². The predicted molar refractivity (Wildman–Crippen MR) is 89.1 cm³/mol. The van der Waals surface area contributed by atoms with E-state index in [-0.39, 0.29) is 18.7 Å². The summed E-state index contributed by atoms with van der Waals surface area (Å²) in [4.78, 5) is 23.0. The molecule has 0 N–H and O–H groups in total. The molecule has 0 unspecified atom stereocenters. The first kappa shape index (κ1) is 16.6. The van der Waals surface area contributed by atoms with E-state index in [0.29, 0.717) is 20.6 Å². The molecule has 0 aliphatic carbocycles. The Balaban J connectivity index is 2.28. The molecule has 2 aromatic rings. The van der Waals surface area contributed by atoms with E-state index in [1.54, 1.807) is 42.5 Å². The number of Topliss-reactive ketones (excluding diaryl/α,β-unsaturated/α-hetero) is 1. The van der Waals surface area contributed by atoms with Crippen LogP contribution in [0.15, 0.2) is 53.0 Å². The lowest BCUT2D eigenvalue weighted by molar-refractivity contribution is -0.483. The van der Waals surface area contributed by atoms with E-state index < -0.39 is 10.8 Å². The third kappa shape index (κ3) is 4.15. The van der Waals surface area contributed by atoms with Crippen LogP contribution in [0.3, 0.4) is 0 Å². The predicted octanol–water partition coefficient (Wildman–Crippen LogP) is 4.74. The van der Waals surface area contributed by atoms with Crippen molar-refractivity contribution in [3.05, 3.63) is 79.3 Å². The number of rotatable bonds is 6. The Kier molecular flexibility index (Phi) is 5.69. The third-order valence-corrected chi connectivity index (χ3v) is 4.36. The van der Waals surface area contributed by atoms with Gasteiger partial charge in [-0.15, -0.1) is 0 Å². The van der Waals surface area contributed by atoms with Crippen LogP contribution in [0.5, 0.6) is 0 Å². The van der Waals surface area contributed by atoms with Crippen LogP contribution >= 0.6 is 27.5 Å². The highest BCUT2D eigenvalue weighted by Crippen LogP contribution is 2.29. The zero-order chi connectivity index (χ0) is 16.1. The molecule has 2 rings (SSSR count). The maximum atomic E-state index is 12.4. The van der Waals surface area contributed by atoms with Crippen molar-refractivity contribution in [2.75, 3.05) is 6.54 Å². The molecular formula is C16H13BrClNO3. The van der Waals surface area contributed by atoms with E-state index in [4.69, 9.17) is 11.6 Å². The Morgan fingerprint density at radius 1 is 1.18 bits per heavy atom. The molecule has 0 saturated carbocycles. The molecule has 22 heavy (non-hydrogen) atoms. The van der Waals surface area contributed by atoms with Gasteiger partial charge in [0.15, 0.2) is 5.78 Å². The molecule has 4 nitrogen and oxygen atoms in total. The molecule has 0 fully saturated rings. The summed E-state index contributed by atoms with van der Waals surface area (Å²) < 4.78 is 0.680. The fraction of sp³-hybridized carbons (Fsp3) is 0.188. The molecule has 0 spiro atoms. The van der Waals surface area contributed by atoms with E-state index in [2.05, 4.69) is 15.9 Å². The molecule has 0 aliphatic heterocycles. The SMILES string of the molecule is O=C(C[C@H](C[N+](=O)[O-])c1ccccc1Cl)c1ccccc1Br. The van der Waals surface area contributed by atoms with Crippen molar-refractivity contribution >= 4 is 33.3 Å². The number of halogens is 2. The molecular weight excluding hydrogens is 370 g/mol. The number of carbonyl (C=O) groups is 1. The van der Waals surface area contributed by atoms with Crippen molar-refractivity contribution in [1.29, 1.82) is 0 Å². The number of hydrogen-bond acceptors (Lipinski definition) is 3. The molecule has 2 aromatic carbocycles. The summed E-state index contributed by atoms with van der Waals surface area (Å²) in [5.41, 5.74) is 1.14. The Bertz CT molecular complexity index is 705. The lowest BCUT2D eigenvalue weighted by Gasteiger charge is -2.14. The van der Waals surface area contributed by atoms with Crippen molar-refractivity contribution in [3.8, 4) is 0 Å². The van der Waals surface area contributed by atoms with Crippen molar-refractivity contribution in [3.63, 3.8) is 0 Å². The van der Waals surface area contributed by atoms with Gasteiger partial charge in [-0.2, -0.15) is 0 Å². The highest BCUT2D eigenvalue weighted by atomic mass is 79.9. The van der Waals surface area contributed by atoms with Crippen LogP contribution < -0.4 is 0 Å². The number of nitrogens with zero attached hydrogens (tertiary/aromatic N) is 1. The van der Waals surface area contributed by atoms with Gasteiger partial charge >= 0.3 is 0 Å². The summed E-state index contributed by atoms with van der Waals surface area (Å²) in [6, 6.07) is 13.9. The highest BCUT2D eigenvalue weighted by Gasteiger charge is 2.24. The van der Waals surface area contributed by atoms with Crippen LogP contribution in [0.1, 0.15) is 28.3 Å². The fourth-order valence-corrected chi connectivity index (χ4v) is 3.08. The molecule has 114 valence electrons. The highest BCUT2D eigenvalue weighted by molar-refractivity contribution is 9.10. The zero-order valence-electron chi connectivity index (χ0n) is 11.5. The summed E-state index contributed by atoms with van der Waals surface area (Å²) in [7, 11) is 0. The number of hydrogen-bond donors (Lipinski definition) is 0. The minimum Gasteiger partial charge on any atom is -0.294 e. The largest absolute Gasteiger partial charge is 0.294 e. The number of carbonyl (C=O) groups excluding carboxylic acids is 1. The van der Waals surface area contributed by atoms with Gasteiger partial charge in [0.25, 0.3) is 0 Å². The third-order valence-electron chi connectivity index (χ3n) is 3.32. The number of ketones is 1. The minimum absolute atomic E-state index is 0.0350. The van der Waals surface area contributed by atoms with Crippen molar-refractivity contribution in [2.24, 2.45) is 0 Å². The van der Waals surface area contributed by atoms with Crippen molar-refractivity contribution < 1.29 is 9.72 Å².